The Hall–Kier alpha value is -1.27. The maximum absolute atomic E-state index is 14.1. The van der Waals surface area contributed by atoms with Gasteiger partial charge in [0.25, 0.3) is 0 Å². The van der Waals surface area contributed by atoms with E-state index in [4.69, 9.17) is 0 Å². The van der Waals surface area contributed by atoms with Crippen LogP contribution in [-0.4, -0.2) is 12.4 Å². The van der Waals surface area contributed by atoms with E-state index in [9.17, 15) is 30.7 Å². The van der Waals surface area contributed by atoms with E-state index in [1.165, 1.54) is 6.07 Å². The van der Waals surface area contributed by atoms with E-state index in [0.29, 0.717) is 24.0 Å². The minimum atomic E-state index is -6.05. The predicted octanol–water partition coefficient (Wildman–Crippen LogP) is 5.81. The Bertz CT molecular complexity index is 585. The molecule has 128 valence electrons. The molecule has 0 saturated heterocycles. The first-order chi connectivity index (χ1) is 10.6. The monoisotopic (exact) mass is 340 g/mol. The lowest BCUT2D eigenvalue weighted by Crippen LogP contribution is -2.50. The van der Waals surface area contributed by atoms with Gasteiger partial charge in [0.2, 0.25) is 0 Å². The van der Waals surface area contributed by atoms with E-state index in [-0.39, 0.29) is 5.92 Å². The lowest BCUT2D eigenvalue weighted by atomic mass is 9.75. The molecule has 0 radical (unpaired) electrons. The Kier molecular flexibility index (Phi) is 3.69. The fourth-order valence-electron chi connectivity index (χ4n) is 4.02. The van der Waals surface area contributed by atoms with Gasteiger partial charge >= 0.3 is 18.0 Å². The molecule has 1 aromatic rings. The van der Waals surface area contributed by atoms with Gasteiger partial charge in [0.15, 0.2) is 0 Å². The molecule has 0 nitrogen and oxygen atoms in total. The SMILES string of the molecule is FC(F)(F)C(F)(c1ccc2c(c1)CCC1CCC[C@@H]21)C(F)(F)F. The second-order valence-electron chi connectivity index (χ2n) is 6.40. The summed E-state index contributed by atoms with van der Waals surface area (Å²) in [5.41, 5.74) is -5.50. The molecule has 2 aliphatic carbocycles. The van der Waals surface area contributed by atoms with Crippen LogP contribution in [0.2, 0.25) is 0 Å². The lowest BCUT2D eigenvalue weighted by molar-refractivity contribution is -0.348. The Morgan fingerprint density at radius 1 is 0.826 bits per heavy atom. The topological polar surface area (TPSA) is 0 Å². The van der Waals surface area contributed by atoms with Crippen molar-refractivity contribution in [3.63, 3.8) is 0 Å². The van der Waals surface area contributed by atoms with Crippen molar-refractivity contribution in [1.29, 1.82) is 0 Å². The van der Waals surface area contributed by atoms with Gasteiger partial charge in [0, 0.05) is 5.56 Å². The zero-order chi connectivity index (χ0) is 17.0. The number of aryl methyl sites for hydroxylation is 1. The summed E-state index contributed by atoms with van der Waals surface area (Å²) in [5, 5.41) is 0. The van der Waals surface area contributed by atoms with Gasteiger partial charge in [-0.3, -0.25) is 0 Å². The average Bonchev–Trinajstić information content (AvgIpc) is 2.92. The van der Waals surface area contributed by atoms with Crippen LogP contribution in [0.15, 0.2) is 18.2 Å². The van der Waals surface area contributed by atoms with Crippen molar-refractivity contribution in [2.45, 2.75) is 56.0 Å². The van der Waals surface area contributed by atoms with Crippen LogP contribution < -0.4 is 0 Å². The van der Waals surface area contributed by atoms with Crippen LogP contribution in [0.3, 0.4) is 0 Å². The van der Waals surface area contributed by atoms with Crippen LogP contribution in [0.4, 0.5) is 30.7 Å². The normalized spacial score (nSPS) is 25.2. The van der Waals surface area contributed by atoms with Crippen LogP contribution in [0.1, 0.15) is 48.3 Å². The fraction of sp³-hybridized carbons (Fsp3) is 0.625. The summed E-state index contributed by atoms with van der Waals surface area (Å²) in [5.74, 6) is 0.618. The van der Waals surface area contributed by atoms with Gasteiger partial charge in [-0.1, -0.05) is 24.6 Å². The number of hydrogen-bond donors (Lipinski definition) is 0. The van der Waals surface area contributed by atoms with Gasteiger partial charge in [0.05, 0.1) is 0 Å². The van der Waals surface area contributed by atoms with Gasteiger partial charge < -0.3 is 0 Å². The van der Waals surface area contributed by atoms with E-state index in [1.54, 1.807) is 0 Å². The molecule has 23 heavy (non-hydrogen) atoms. The van der Waals surface area contributed by atoms with Crippen molar-refractivity contribution in [3.05, 3.63) is 34.9 Å². The summed E-state index contributed by atoms with van der Waals surface area (Å²) in [7, 11) is 0. The molecule has 0 aliphatic heterocycles. The van der Waals surface area contributed by atoms with Gasteiger partial charge in [-0.2, -0.15) is 26.3 Å². The van der Waals surface area contributed by atoms with Gasteiger partial charge in [-0.15, -0.1) is 0 Å². The quantitative estimate of drug-likeness (QED) is 0.566. The molecular formula is C16H15F7. The number of rotatable bonds is 1. The van der Waals surface area contributed by atoms with E-state index in [1.807, 2.05) is 0 Å². The average molecular weight is 340 g/mol. The standard InChI is InChI=1S/C16H15F7/c17-14(15(18,19)20,16(21,22)23)11-6-7-13-10(8-11)5-4-9-2-1-3-12(9)13/h6-9,12H,1-5H2/t9?,12-/m1/s1. The molecule has 2 aliphatic rings. The molecule has 0 aromatic heterocycles. The molecule has 3 rings (SSSR count). The second-order valence-corrected chi connectivity index (χ2v) is 6.40. The largest absolute Gasteiger partial charge is 0.435 e. The molecule has 1 fully saturated rings. The Balaban J connectivity index is 2.07. The summed E-state index contributed by atoms with van der Waals surface area (Å²) < 4.78 is 91.2. The van der Waals surface area contributed by atoms with Crippen molar-refractivity contribution in [3.8, 4) is 0 Å². The van der Waals surface area contributed by atoms with Crippen LogP contribution in [0, 0.1) is 5.92 Å². The molecule has 0 bridgehead atoms. The molecule has 0 amide bonds. The molecule has 2 atom stereocenters. The summed E-state index contributed by atoms with van der Waals surface area (Å²) in [6.45, 7) is 0. The first kappa shape index (κ1) is 16.6. The molecule has 0 spiro atoms. The van der Waals surface area contributed by atoms with Crippen molar-refractivity contribution in [2.24, 2.45) is 5.92 Å². The Morgan fingerprint density at radius 3 is 2.09 bits per heavy atom. The number of benzene rings is 1. The maximum Gasteiger partial charge on any atom is 0.435 e. The number of halogens is 7. The number of fused-ring (bicyclic) bond motifs is 3. The van der Waals surface area contributed by atoms with E-state index in [0.717, 1.165) is 37.3 Å². The van der Waals surface area contributed by atoms with Crippen molar-refractivity contribution >= 4 is 0 Å². The van der Waals surface area contributed by atoms with Gasteiger partial charge in [-0.05, 0) is 48.6 Å². The number of alkyl halides is 7. The molecule has 1 aromatic carbocycles. The zero-order valence-corrected chi connectivity index (χ0v) is 12.1. The highest BCUT2D eigenvalue weighted by molar-refractivity contribution is 5.41. The van der Waals surface area contributed by atoms with Crippen molar-refractivity contribution in [1.82, 2.24) is 0 Å². The third kappa shape index (κ3) is 2.43. The summed E-state index contributed by atoms with van der Waals surface area (Å²) in [6, 6.07) is 2.68. The highest BCUT2D eigenvalue weighted by Gasteiger charge is 2.73. The minimum absolute atomic E-state index is 0.179. The maximum atomic E-state index is 14.1. The lowest BCUT2D eigenvalue weighted by Gasteiger charge is -2.33. The second kappa shape index (κ2) is 5.11. The highest BCUT2D eigenvalue weighted by atomic mass is 19.4. The summed E-state index contributed by atoms with van der Waals surface area (Å²) in [6.07, 6.45) is -8.04. The van der Waals surface area contributed by atoms with Crippen LogP contribution in [-0.2, 0) is 12.1 Å². The molecular weight excluding hydrogens is 325 g/mol. The zero-order valence-electron chi connectivity index (χ0n) is 12.1. The van der Waals surface area contributed by atoms with Crippen LogP contribution in [0.5, 0.6) is 0 Å². The van der Waals surface area contributed by atoms with Crippen molar-refractivity contribution in [2.75, 3.05) is 0 Å². The van der Waals surface area contributed by atoms with E-state index in [2.05, 4.69) is 0 Å². The minimum Gasteiger partial charge on any atom is -0.218 e. The van der Waals surface area contributed by atoms with Crippen molar-refractivity contribution < 1.29 is 30.7 Å². The summed E-state index contributed by atoms with van der Waals surface area (Å²) in [4.78, 5) is 0. The van der Waals surface area contributed by atoms with Gasteiger partial charge in [0.1, 0.15) is 0 Å². The highest BCUT2D eigenvalue weighted by Crippen LogP contribution is 2.54. The molecule has 1 unspecified atom stereocenters. The molecule has 0 N–H and O–H groups in total. The van der Waals surface area contributed by atoms with E-state index < -0.39 is 23.6 Å². The molecule has 1 saturated carbocycles. The third-order valence-electron chi connectivity index (χ3n) is 5.17. The third-order valence-corrected chi connectivity index (χ3v) is 5.17. The Labute approximate surface area is 128 Å². The van der Waals surface area contributed by atoms with E-state index >= 15 is 0 Å². The first-order valence-electron chi connectivity index (χ1n) is 7.51. The predicted molar refractivity (Wildman–Crippen MR) is 69.7 cm³/mol. The van der Waals surface area contributed by atoms with Crippen LogP contribution >= 0.6 is 0 Å². The first-order valence-corrected chi connectivity index (χ1v) is 7.51. The molecule has 0 heterocycles. The molecule has 7 heteroatoms. The number of hydrogen-bond acceptors (Lipinski definition) is 0. The van der Waals surface area contributed by atoms with Crippen LogP contribution in [0.25, 0.3) is 0 Å². The summed E-state index contributed by atoms with van der Waals surface area (Å²) >= 11 is 0. The fourth-order valence-corrected chi connectivity index (χ4v) is 4.02. The smallest absolute Gasteiger partial charge is 0.218 e. The Morgan fingerprint density at radius 2 is 1.48 bits per heavy atom. The van der Waals surface area contributed by atoms with Gasteiger partial charge in [-0.25, -0.2) is 4.39 Å².